The molecule has 13 heavy (non-hydrogen) atoms. The van der Waals surface area contributed by atoms with Crippen molar-refractivity contribution in [3.63, 3.8) is 0 Å². The molecular weight excluding hydrogens is 158 g/mol. The van der Waals surface area contributed by atoms with Gasteiger partial charge in [0.25, 0.3) is 0 Å². The molecule has 78 valence electrons. The van der Waals surface area contributed by atoms with Crippen LogP contribution in [0.3, 0.4) is 0 Å². The highest BCUT2D eigenvalue weighted by Gasteiger charge is 2.28. The lowest BCUT2D eigenvalue weighted by Crippen LogP contribution is -2.32. The molecule has 0 spiro atoms. The second kappa shape index (κ2) is 6.42. The maximum atomic E-state index is 5.68. The molecule has 2 N–H and O–H groups in total. The van der Waals surface area contributed by atoms with Gasteiger partial charge in [-0.05, 0) is 31.2 Å². The molecule has 0 heterocycles. The van der Waals surface area contributed by atoms with E-state index in [-0.39, 0.29) is 0 Å². The summed E-state index contributed by atoms with van der Waals surface area (Å²) < 4.78 is 0. The van der Waals surface area contributed by atoms with Gasteiger partial charge < -0.3 is 5.73 Å². The van der Waals surface area contributed by atoms with E-state index < -0.39 is 0 Å². The molecule has 1 heteroatoms. The van der Waals surface area contributed by atoms with Crippen molar-refractivity contribution >= 4 is 0 Å². The molecule has 0 radical (unpaired) electrons. The average molecular weight is 183 g/mol. The summed E-state index contributed by atoms with van der Waals surface area (Å²) in [6.07, 6.45) is 11.4. The highest BCUT2D eigenvalue weighted by molar-refractivity contribution is 4.80. The molecule has 0 aromatic rings. The van der Waals surface area contributed by atoms with Gasteiger partial charge in [-0.2, -0.15) is 0 Å². The van der Waals surface area contributed by atoms with E-state index in [1.807, 2.05) is 0 Å². The van der Waals surface area contributed by atoms with Crippen molar-refractivity contribution in [3.8, 4) is 0 Å². The maximum Gasteiger partial charge on any atom is -0.00462 e. The lowest BCUT2D eigenvalue weighted by Gasteiger charge is -2.35. The molecule has 1 rings (SSSR count). The van der Waals surface area contributed by atoms with Crippen LogP contribution in [-0.4, -0.2) is 6.54 Å². The van der Waals surface area contributed by atoms with Crippen LogP contribution in [0.15, 0.2) is 0 Å². The van der Waals surface area contributed by atoms with Crippen LogP contribution >= 0.6 is 0 Å². The third-order valence-corrected chi connectivity index (χ3v) is 3.56. The zero-order valence-corrected chi connectivity index (χ0v) is 9.10. The first-order valence-corrected chi connectivity index (χ1v) is 6.08. The summed E-state index contributed by atoms with van der Waals surface area (Å²) in [4.78, 5) is 0. The Balaban J connectivity index is 1.88. The van der Waals surface area contributed by atoms with E-state index in [4.69, 9.17) is 5.73 Å². The molecule has 1 saturated carbocycles. The van der Waals surface area contributed by atoms with Crippen molar-refractivity contribution < 1.29 is 0 Å². The van der Waals surface area contributed by atoms with Crippen LogP contribution in [0.5, 0.6) is 0 Å². The predicted octanol–water partition coefficient (Wildman–Crippen LogP) is 3.33. The van der Waals surface area contributed by atoms with E-state index >= 15 is 0 Å². The predicted molar refractivity (Wildman–Crippen MR) is 58.6 cm³/mol. The third kappa shape index (κ3) is 3.68. The number of unbranched alkanes of at least 4 members (excludes halogenated alkanes) is 4. The largest absolute Gasteiger partial charge is 0.330 e. The standard InChI is InChI=1S/C12H25N/c1-2-3-4-5-6-7-11-8-9-12(11)10-13/h11-12H,2-10,13H2,1H3. The molecule has 0 aromatic heterocycles. The molecule has 2 unspecified atom stereocenters. The van der Waals surface area contributed by atoms with Crippen LogP contribution in [0, 0.1) is 11.8 Å². The minimum absolute atomic E-state index is 0.881. The maximum absolute atomic E-state index is 5.68. The van der Waals surface area contributed by atoms with Gasteiger partial charge in [-0.3, -0.25) is 0 Å². The van der Waals surface area contributed by atoms with Crippen LogP contribution in [0.4, 0.5) is 0 Å². The topological polar surface area (TPSA) is 26.0 Å². The van der Waals surface area contributed by atoms with Gasteiger partial charge in [-0.15, -0.1) is 0 Å². The van der Waals surface area contributed by atoms with Crippen molar-refractivity contribution in [3.05, 3.63) is 0 Å². The summed E-state index contributed by atoms with van der Waals surface area (Å²) in [6, 6.07) is 0. The van der Waals surface area contributed by atoms with Crippen LogP contribution < -0.4 is 5.73 Å². The molecular formula is C12H25N. The van der Waals surface area contributed by atoms with Crippen molar-refractivity contribution in [1.29, 1.82) is 0 Å². The van der Waals surface area contributed by atoms with Gasteiger partial charge in [0.2, 0.25) is 0 Å². The summed E-state index contributed by atoms with van der Waals surface area (Å²) in [5.41, 5.74) is 5.68. The Labute approximate surface area is 83.1 Å². The SMILES string of the molecule is CCCCCCCC1CCC1CN. The molecule has 2 atom stereocenters. The minimum Gasteiger partial charge on any atom is -0.330 e. The van der Waals surface area contributed by atoms with Crippen molar-refractivity contribution in [1.82, 2.24) is 0 Å². The van der Waals surface area contributed by atoms with E-state index in [0.717, 1.165) is 18.4 Å². The van der Waals surface area contributed by atoms with Gasteiger partial charge in [0, 0.05) is 0 Å². The molecule has 1 fully saturated rings. The van der Waals surface area contributed by atoms with Crippen LogP contribution in [0.2, 0.25) is 0 Å². The molecule has 0 amide bonds. The van der Waals surface area contributed by atoms with E-state index in [1.54, 1.807) is 0 Å². The Kier molecular flexibility index (Phi) is 5.45. The molecule has 0 aliphatic heterocycles. The van der Waals surface area contributed by atoms with Gasteiger partial charge in [0.15, 0.2) is 0 Å². The number of hydrogen-bond donors (Lipinski definition) is 1. The van der Waals surface area contributed by atoms with Gasteiger partial charge in [0.05, 0.1) is 0 Å². The Morgan fingerprint density at radius 1 is 1.00 bits per heavy atom. The van der Waals surface area contributed by atoms with Gasteiger partial charge in [0.1, 0.15) is 0 Å². The number of rotatable bonds is 7. The fraction of sp³-hybridized carbons (Fsp3) is 1.00. The summed E-state index contributed by atoms with van der Waals surface area (Å²) in [5, 5.41) is 0. The van der Waals surface area contributed by atoms with Gasteiger partial charge in [-0.1, -0.05) is 45.4 Å². The molecule has 0 aromatic carbocycles. The van der Waals surface area contributed by atoms with E-state index in [1.165, 1.54) is 51.4 Å². The number of hydrogen-bond acceptors (Lipinski definition) is 1. The second-order valence-electron chi connectivity index (χ2n) is 4.54. The van der Waals surface area contributed by atoms with Crippen molar-refractivity contribution in [2.45, 2.75) is 58.3 Å². The summed E-state index contributed by atoms with van der Waals surface area (Å²) in [5.74, 6) is 1.87. The zero-order chi connectivity index (χ0) is 9.52. The van der Waals surface area contributed by atoms with Crippen LogP contribution in [0.25, 0.3) is 0 Å². The minimum atomic E-state index is 0.881. The summed E-state index contributed by atoms with van der Waals surface area (Å²) in [7, 11) is 0. The third-order valence-electron chi connectivity index (χ3n) is 3.56. The molecule has 0 bridgehead atoms. The molecule has 1 nitrogen and oxygen atoms in total. The quantitative estimate of drug-likeness (QED) is 0.602. The van der Waals surface area contributed by atoms with Gasteiger partial charge in [-0.25, -0.2) is 0 Å². The highest BCUT2D eigenvalue weighted by Crippen LogP contribution is 2.37. The van der Waals surface area contributed by atoms with E-state index in [0.29, 0.717) is 0 Å². The Hall–Kier alpha value is -0.0400. The number of nitrogens with two attached hydrogens (primary N) is 1. The molecule has 1 aliphatic rings. The Morgan fingerprint density at radius 3 is 2.23 bits per heavy atom. The molecule has 0 saturated heterocycles. The normalized spacial score (nSPS) is 27.2. The van der Waals surface area contributed by atoms with Crippen molar-refractivity contribution in [2.24, 2.45) is 17.6 Å². The highest BCUT2D eigenvalue weighted by atomic mass is 14.6. The summed E-state index contributed by atoms with van der Waals surface area (Å²) >= 11 is 0. The first-order valence-electron chi connectivity index (χ1n) is 6.08. The fourth-order valence-corrected chi connectivity index (χ4v) is 2.34. The zero-order valence-electron chi connectivity index (χ0n) is 9.10. The van der Waals surface area contributed by atoms with Crippen LogP contribution in [-0.2, 0) is 0 Å². The first kappa shape index (κ1) is 11.0. The first-order chi connectivity index (χ1) is 6.38. The Morgan fingerprint density at radius 2 is 1.69 bits per heavy atom. The lowest BCUT2D eigenvalue weighted by molar-refractivity contribution is 0.167. The van der Waals surface area contributed by atoms with E-state index in [2.05, 4.69) is 6.92 Å². The van der Waals surface area contributed by atoms with Crippen molar-refractivity contribution in [2.75, 3.05) is 6.54 Å². The smallest absolute Gasteiger partial charge is 0.00462 e. The molecule has 1 aliphatic carbocycles. The van der Waals surface area contributed by atoms with Crippen LogP contribution in [0.1, 0.15) is 58.3 Å². The second-order valence-corrected chi connectivity index (χ2v) is 4.54. The van der Waals surface area contributed by atoms with Gasteiger partial charge >= 0.3 is 0 Å². The Bertz CT molecular complexity index is 120. The average Bonchev–Trinajstić information content (AvgIpc) is 2.10. The fourth-order valence-electron chi connectivity index (χ4n) is 2.34. The summed E-state index contributed by atoms with van der Waals surface area (Å²) in [6.45, 7) is 3.20. The van der Waals surface area contributed by atoms with E-state index in [9.17, 15) is 0 Å². The lowest BCUT2D eigenvalue weighted by atomic mass is 9.71. The monoisotopic (exact) mass is 183 g/mol.